The molecule has 0 saturated carbocycles. The van der Waals surface area contributed by atoms with E-state index in [1.54, 1.807) is 19.1 Å². The molecule has 0 unspecified atom stereocenters. The lowest BCUT2D eigenvalue weighted by Crippen LogP contribution is -2.08. The molecule has 0 aromatic carbocycles. The predicted octanol–water partition coefficient (Wildman–Crippen LogP) is 1.58. The van der Waals surface area contributed by atoms with Crippen LogP contribution in [0.3, 0.4) is 0 Å². The number of hydrogen-bond donors (Lipinski definition) is 0. The summed E-state index contributed by atoms with van der Waals surface area (Å²) >= 11 is 0. The highest BCUT2D eigenvalue weighted by Gasteiger charge is 2.10. The normalized spacial score (nSPS) is 9.64. The van der Waals surface area contributed by atoms with Gasteiger partial charge in [-0.3, -0.25) is 0 Å². The van der Waals surface area contributed by atoms with Gasteiger partial charge in [0.2, 0.25) is 5.88 Å². The molecule has 0 aliphatic rings. The Hall–Kier alpha value is -1.58. The van der Waals surface area contributed by atoms with Gasteiger partial charge in [0.25, 0.3) is 0 Å². The van der Waals surface area contributed by atoms with Gasteiger partial charge in [-0.05, 0) is 25.5 Å². The van der Waals surface area contributed by atoms with Crippen molar-refractivity contribution in [2.45, 2.75) is 13.8 Å². The third kappa shape index (κ3) is 2.45. The molecule has 0 aliphatic carbocycles. The summed E-state index contributed by atoms with van der Waals surface area (Å²) in [4.78, 5) is 15.3. The summed E-state index contributed by atoms with van der Waals surface area (Å²) in [5, 5.41) is 0. The minimum Gasteiger partial charge on any atom is -0.481 e. The molecule has 0 radical (unpaired) electrons. The van der Waals surface area contributed by atoms with Crippen LogP contribution in [0.15, 0.2) is 12.1 Å². The van der Waals surface area contributed by atoms with Gasteiger partial charge in [-0.2, -0.15) is 0 Å². The van der Waals surface area contributed by atoms with E-state index in [1.807, 2.05) is 6.92 Å². The molecule has 76 valence electrons. The van der Waals surface area contributed by atoms with Crippen molar-refractivity contribution >= 4 is 5.97 Å². The molecular weight excluding hydrogens is 182 g/mol. The molecule has 0 atom stereocenters. The zero-order chi connectivity index (χ0) is 10.6. The van der Waals surface area contributed by atoms with Crippen LogP contribution >= 0.6 is 0 Å². The SMILES string of the molecule is CCOC(=O)c1cc(C)cc(OC)n1. The van der Waals surface area contributed by atoms with E-state index in [0.717, 1.165) is 5.56 Å². The number of methoxy groups -OCH3 is 1. The first-order valence-corrected chi connectivity index (χ1v) is 4.37. The number of rotatable bonds is 3. The summed E-state index contributed by atoms with van der Waals surface area (Å²) in [5.41, 5.74) is 1.20. The van der Waals surface area contributed by atoms with Crippen LogP contribution in [-0.4, -0.2) is 24.7 Å². The van der Waals surface area contributed by atoms with E-state index in [0.29, 0.717) is 12.5 Å². The Labute approximate surface area is 82.9 Å². The van der Waals surface area contributed by atoms with Gasteiger partial charge in [0.05, 0.1) is 13.7 Å². The Balaban J connectivity index is 2.96. The van der Waals surface area contributed by atoms with Gasteiger partial charge in [0.1, 0.15) is 0 Å². The van der Waals surface area contributed by atoms with Crippen molar-refractivity contribution in [3.8, 4) is 5.88 Å². The number of aromatic nitrogens is 1. The zero-order valence-corrected chi connectivity index (χ0v) is 8.53. The number of nitrogens with zero attached hydrogens (tertiary/aromatic N) is 1. The quantitative estimate of drug-likeness (QED) is 0.687. The number of hydrogen-bond acceptors (Lipinski definition) is 4. The molecule has 1 heterocycles. The van der Waals surface area contributed by atoms with E-state index >= 15 is 0 Å². The minimum absolute atomic E-state index is 0.281. The van der Waals surface area contributed by atoms with Gasteiger partial charge >= 0.3 is 5.97 Å². The van der Waals surface area contributed by atoms with E-state index in [2.05, 4.69) is 4.98 Å². The number of esters is 1. The number of carbonyl (C=O) groups is 1. The lowest BCUT2D eigenvalue weighted by molar-refractivity contribution is 0.0518. The summed E-state index contributed by atoms with van der Waals surface area (Å²) in [6.07, 6.45) is 0. The summed E-state index contributed by atoms with van der Waals surface area (Å²) in [7, 11) is 1.51. The number of pyridine rings is 1. The second kappa shape index (κ2) is 4.60. The Kier molecular flexibility index (Phi) is 3.45. The highest BCUT2D eigenvalue weighted by Crippen LogP contribution is 2.12. The van der Waals surface area contributed by atoms with Crippen molar-refractivity contribution in [3.63, 3.8) is 0 Å². The van der Waals surface area contributed by atoms with E-state index < -0.39 is 5.97 Å². The van der Waals surface area contributed by atoms with Crippen molar-refractivity contribution in [2.75, 3.05) is 13.7 Å². The molecule has 1 rings (SSSR count). The minimum atomic E-state index is -0.422. The summed E-state index contributed by atoms with van der Waals surface area (Å²) < 4.78 is 9.77. The van der Waals surface area contributed by atoms with Gasteiger partial charge in [0, 0.05) is 6.07 Å². The molecule has 0 aliphatic heterocycles. The molecule has 0 N–H and O–H groups in total. The van der Waals surface area contributed by atoms with Crippen LogP contribution in [0, 0.1) is 6.92 Å². The number of ether oxygens (including phenoxy) is 2. The van der Waals surface area contributed by atoms with Crippen molar-refractivity contribution in [1.29, 1.82) is 0 Å². The third-order valence-corrected chi connectivity index (χ3v) is 1.64. The molecule has 4 heteroatoms. The van der Waals surface area contributed by atoms with Gasteiger partial charge in [-0.1, -0.05) is 0 Å². The third-order valence-electron chi connectivity index (χ3n) is 1.64. The van der Waals surface area contributed by atoms with Gasteiger partial charge in [-0.15, -0.1) is 0 Å². The standard InChI is InChI=1S/C10H13NO3/c1-4-14-10(12)8-5-7(2)6-9(11-8)13-3/h5-6H,4H2,1-3H3. The summed E-state index contributed by atoms with van der Waals surface area (Å²) in [6, 6.07) is 3.42. The molecule has 0 saturated heterocycles. The van der Waals surface area contributed by atoms with Crippen molar-refractivity contribution in [3.05, 3.63) is 23.4 Å². The maximum absolute atomic E-state index is 11.3. The molecular formula is C10H13NO3. The Morgan fingerprint density at radius 3 is 2.79 bits per heavy atom. The smallest absolute Gasteiger partial charge is 0.357 e. The van der Waals surface area contributed by atoms with Crippen LogP contribution in [0.4, 0.5) is 0 Å². The number of aryl methyl sites for hydroxylation is 1. The van der Waals surface area contributed by atoms with Crippen LogP contribution in [0.2, 0.25) is 0 Å². The van der Waals surface area contributed by atoms with Crippen molar-refractivity contribution in [1.82, 2.24) is 4.98 Å². The van der Waals surface area contributed by atoms with E-state index in [9.17, 15) is 4.79 Å². The fourth-order valence-electron chi connectivity index (χ4n) is 1.05. The first-order chi connectivity index (χ1) is 6.67. The first-order valence-electron chi connectivity index (χ1n) is 4.37. The molecule has 0 fully saturated rings. The maximum Gasteiger partial charge on any atom is 0.357 e. The highest BCUT2D eigenvalue weighted by atomic mass is 16.5. The second-order valence-electron chi connectivity index (χ2n) is 2.79. The molecule has 14 heavy (non-hydrogen) atoms. The van der Waals surface area contributed by atoms with Crippen LogP contribution in [0.1, 0.15) is 23.0 Å². The molecule has 1 aromatic rings. The van der Waals surface area contributed by atoms with Crippen LogP contribution in [0.25, 0.3) is 0 Å². The van der Waals surface area contributed by atoms with E-state index in [4.69, 9.17) is 9.47 Å². The summed E-state index contributed by atoms with van der Waals surface area (Å²) in [6.45, 7) is 3.97. The molecule has 1 aromatic heterocycles. The monoisotopic (exact) mass is 195 g/mol. The second-order valence-corrected chi connectivity index (χ2v) is 2.79. The molecule has 0 spiro atoms. The maximum atomic E-state index is 11.3. The number of carbonyl (C=O) groups excluding carboxylic acids is 1. The average molecular weight is 195 g/mol. The fourth-order valence-corrected chi connectivity index (χ4v) is 1.05. The lowest BCUT2D eigenvalue weighted by atomic mass is 10.2. The first kappa shape index (κ1) is 10.5. The van der Waals surface area contributed by atoms with Crippen LogP contribution in [0.5, 0.6) is 5.88 Å². The molecule has 4 nitrogen and oxygen atoms in total. The molecule has 0 bridgehead atoms. The zero-order valence-electron chi connectivity index (χ0n) is 8.53. The van der Waals surface area contributed by atoms with Gasteiger partial charge in [-0.25, -0.2) is 9.78 Å². The highest BCUT2D eigenvalue weighted by molar-refractivity contribution is 5.87. The van der Waals surface area contributed by atoms with E-state index in [1.165, 1.54) is 7.11 Å². The molecule has 0 amide bonds. The fraction of sp³-hybridized carbons (Fsp3) is 0.400. The van der Waals surface area contributed by atoms with Crippen molar-refractivity contribution < 1.29 is 14.3 Å². The predicted molar refractivity (Wildman–Crippen MR) is 51.5 cm³/mol. The Morgan fingerprint density at radius 1 is 1.50 bits per heavy atom. The lowest BCUT2D eigenvalue weighted by Gasteiger charge is -2.04. The van der Waals surface area contributed by atoms with Crippen LogP contribution < -0.4 is 4.74 Å². The Morgan fingerprint density at radius 2 is 2.21 bits per heavy atom. The van der Waals surface area contributed by atoms with Gasteiger partial charge < -0.3 is 9.47 Å². The topological polar surface area (TPSA) is 48.4 Å². The average Bonchev–Trinajstić information content (AvgIpc) is 2.17. The van der Waals surface area contributed by atoms with Crippen molar-refractivity contribution in [2.24, 2.45) is 0 Å². The van der Waals surface area contributed by atoms with Crippen LogP contribution in [-0.2, 0) is 4.74 Å². The summed E-state index contributed by atoms with van der Waals surface area (Å²) in [5.74, 6) is 0.00236. The Bertz CT molecular complexity index is 336. The largest absolute Gasteiger partial charge is 0.481 e. The van der Waals surface area contributed by atoms with Gasteiger partial charge in [0.15, 0.2) is 5.69 Å². The van der Waals surface area contributed by atoms with E-state index in [-0.39, 0.29) is 5.69 Å².